The van der Waals surface area contributed by atoms with E-state index in [1.54, 1.807) is 12.1 Å². The number of aliphatic hydroxyl groups is 1. The van der Waals surface area contributed by atoms with E-state index in [2.05, 4.69) is 4.90 Å². The zero-order chi connectivity index (χ0) is 13.4. The maximum absolute atomic E-state index is 11.1. The Hall–Kier alpha value is -1.11. The highest BCUT2D eigenvalue weighted by atomic mass is 32.2. The van der Waals surface area contributed by atoms with E-state index in [0.717, 1.165) is 18.8 Å². The molecule has 5 nitrogen and oxygen atoms in total. The highest BCUT2D eigenvalue weighted by molar-refractivity contribution is 7.89. The Balaban J connectivity index is 2.12. The van der Waals surface area contributed by atoms with Crippen LogP contribution < -0.4 is 10.0 Å². The van der Waals surface area contributed by atoms with Gasteiger partial charge in [-0.3, -0.25) is 0 Å². The van der Waals surface area contributed by atoms with Crippen LogP contribution in [0.15, 0.2) is 29.2 Å². The molecule has 6 heteroatoms. The van der Waals surface area contributed by atoms with Crippen LogP contribution >= 0.6 is 0 Å². The molecule has 100 valence electrons. The van der Waals surface area contributed by atoms with Crippen LogP contribution in [0.5, 0.6) is 0 Å². The van der Waals surface area contributed by atoms with E-state index in [4.69, 9.17) is 5.14 Å². The van der Waals surface area contributed by atoms with Gasteiger partial charge in [0.2, 0.25) is 10.0 Å². The quantitative estimate of drug-likeness (QED) is 0.828. The fraction of sp³-hybridized carbons (Fsp3) is 0.500. The average Bonchev–Trinajstić information content (AvgIpc) is 2.28. The molecule has 0 bridgehead atoms. The molecule has 1 aromatic rings. The smallest absolute Gasteiger partial charge is 0.238 e. The van der Waals surface area contributed by atoms with Crippen molar-refractivity contribution in [3.8, 4) is 0 Å². The third kappa shape index (κ3) is 3.01. The van der Waals surface area contributed by atoms with Crippen molar-refractivity contribution in [2.75, 3.05) is 18.0 Å². The first-order valence-electron chi connectivity index (χ1n) is 5.88. The van der Waals surface area contributed by atoms with Crippen molar-refractivity contribution < 1.29 is 13.5 Å². The molecular weight excluding hydrogens is 252 g/mol. The minimum absolute atomic E-state index is 0.121. The molecular formula is C12H18N2O3S. The average molecular weight is 270 g/mol. The van der Waals surface area contributed by atoms with Gasteiger partial charge in [-0.2, -0.15) is 0 Å². The second-order valence-corrected chi connectivity index (χ2v) is 6.58. The van der Waals surface area contributed by atoms with Crippen molar-refractivity contribution in [1.82, 2.24) is 0 Å². The van der Waals surface area contributed by atoms with E-state index in [9.17, 15) is 13.5 Å². The lowest BCUT2D eigenvalue weighted by Gasteiger charge is -2.37. The number of piperidine rings is 1. The van der Waals surface area contributed by atoms with E-state index in [1.165, 1.54) is 12.1 Å². The predicted octanol–water partition coefficient (Wildman–Crippen LogP) is 0.685. The third-order valence-electron chi connectivity index (χ3n) is 3.37. The first-order chi connectivity index (χ1) is 8.28. The summed E-state index contributed by atoms with van der Waals surface area (Å²) in [6.45, 7) is 3.37. The number of benzene rings is 1. The molecule has 1 fully saturated rings. The molecule has 0 saturated carbocycles. The number of rotatable bonds is 2. The Kier molecular flexibility index (Phi) is 3.35. The Morgan fingerprint density at radius 2 is 1.72 bits per heavy atom. The van der Waals surface area contributed by atoms with Crippen LogP contribution in [0.3, 0.4) is 0 Å². The molecule has 0 aliphatic carbocycles. The van der Waals surface area contributed by atoms with Crippen molar-refractivity contribution in [2.45, 2.75) is 30.3 Å². The number of primary sulfonamides is 1. The van der Waals surface area contributed by atoms with Gasteiger partial charge in [0.15, 0.2) is 0 Å². The standard InChI is InChI=1S/C12H18N2O3S/c1-12(15)6-8-14(9-7-12)10-2-4-11(5-3-10)18(13,16)17/h2-5,15H,6-9H2,1H3,(H2,13,16,17). The number of hydrogen-bond acceptors (Lipinski definition) is 4. The molecule has 2 rings (SSSR count). The molecule has 0 amide bonds. The second kappa shape index (κ2) is 4.53. The molecule has 1 heterocycles. The zero-order valence-corrected chi connectivity index (χ0v) is 11.2. The Labute approximate surface area is 107 Å². The van der Waals surface area contributed by atoms with Gasteiger partial charge in [0.1, 0.15) is 0 Å². The minimum atomic E-state index is -3.63. The summed E-state index contributed by atoms with van der Waals surface area (Å²) >= 11 is 0. The van der Waals surface area contributed by atoms with Gasteiger partial charge in [-0.1, -0.05) is 0 Å². The van der Waals surface area contributed by atoms with Crippen LogP contribution in [0, 0.1) is 0 Å². The van der Waals surface area contributed by atoms with E-state index in [1.807, 2.05) is 6.92 Å². The predicted molar refractivity (Wildman–Crippen MR) is 69.9 cm³/mol. The lowest BCUT2D eigenvalue weighted by molar-refractivity contribution is 0.0351. The van der Waals surface area contributed by atoms with Gasteiger partial charge < -0.3 is 10.0 Å². The van der Waals surface area contributed by atoms with E-state index < -0.39 is 15.6 Å². The SMILES string of the molecule is CC1(O)CCN(c2ccc(S(N)(=O)=O)cc2)CC1. The lowest BCUT2D eigenvalue weighted by atomic mass is 9.93. The monoisotopic (exact) mass is 270 g/mol. The summed E-state index contributed by atoms with van der Waals surface area (Å²) in [5.74, 6) is 0. The fourth-order valence-corrected chi connectivity index (χ4v) is 2.61. The first kappa shape index (κ1) is 13.3. The van der Waals surface area contributed by atoms with Crippen LogP contribution in [0.1, 0.15) is 19.8 Å². The maximum atomic E-state index is 11.1. The third-order valence-corrected chi connectivity index (χ3v) is 4.30. The molecule has 0 spiro atoms. The van der Waals surface area contributed by atoms with Gasteiger partial charge in [0.05, 0.1) is 10.5 Å². The fourth-order valence-electron chi connectivity index (χ4n) is 2.09. The zero-order valence-electron chi connectivity index (χ0n) is 10.3. The Morgan fingerprint density at radius 3 is 2.17 bits per heavy atom. The number of nitrogens with zero attached hydrogens (tertiary/aromatic N) is 1. The first-order valence-corrected chi connectivity index (χ1v) is 7.43. The van der Waals surface area contributed by atoms with Gasteiger partial charge in [0.25, 0.3) is 0 Å². The highest BCUT2D eigenvalue weighted by Gasteiger charge is 2.27. The summed E-state index contributed by atoms with van der Waals surface area (Å²) in [6.07, 6.45) is 1.42. The van der Waals surface area contributed by atoms with Crippen LogP contribution in [0.4, 0.5) is 5.69 Å². The summed E-state index contributed by atoms with van der Waals surface area (Å²) in [7, 11) is -3.63. The van der Waals surface area contributed by atoms with Crippen molar-refractivity contribution in [3.05, 3.63) is 24.3 Å². The minimum Gasteiger partial charge on any atom is -0.390 e. The number of sulfonamides is 1. The maximum Gasteiger partial charge on any atom is 0.238 e. The molecule has 0 atom stereocenters. The number of nitrogens with two attached hydrogens (primary N) is 1. The molecule has 18 heavy (non-hydrogen) atoms. The topological polar surface area (TPSA) is 83.6 Å². The number of hydrogen-bond donors (Lipinski definition) is 2. The largest absolute Gasteiger partial charge is 0.390 e. The molecule has 1 aliphatic heterocycles. The van der Waals surface area contributed by atoms with Crippen LogP contribution in [0.25, 0.3) is 0 Å². The molecule has 0 aromatic heterocycles. The summed E-state index contributed by atoms with van der Waals surface area (Å²) in [4.78, 5) is 2.25. The Bertz CT molecular complexity index is 513. The van der Waals surface area contributed by atoms with Crippen molar-refractivity contribution in [2.24, 2.45) is 5.14 Å². The summed E-state index contributed by atoms with van der Waals surface area (Å²) in [5.41, 5.74) is 0.370. The van der Waals surface area contributed by atoms with Crippen molar-refractivity contribution in [3.63, 3.8) is 0 Å². The second-order valence-electron chi connectivity index (χ2n) is 5.02. The normalized spacial score (nSPS) is 19.8. The molecule has 0 radical (unpaired) electrons. The molecule has 3 N–H and O–H groups in total. The van der Waals surface area contributed by atoms with Crippen LogP contribution in [-0.4, -0.2) is 32.2 Å². The van der Waals surface area contributed by atoms with E-state index in [-0.39, 0.29) is 4.90 Å². The summed E-state index contributed by atoms with van der Waals surface area (Å²) in [5, 5.41) is 14.9. The van der Waals surface area contributed by atoms with Gasteiger partial charge >= 0.3 is 0 Å². The summed E-state index contributed by atoms with van der Waals surface area (Å²) in [6, 6.07) is 6.52. The molecule has 1 saturated heterocycles. The van der Waals surface area contributed by atoms with Crippen LogP contribution in [0.2, 0.25) is 0 Å². The molecule has 0 unspecified atom stereocenters. The number of anilines is 1. The van der Waals surface area contributed by atoms with E-state index in [0.29, 0.717) is 12.8 Å². The van der Waals surface area contributed by atoms with Crippen molar-refractivity contribution in [1.29, 1.82) is 0 Å². The van der Waals surface area contributed by atoms with Crippen molar-refractivity contribution >= 4 is 15.7 Å². The molecule has 1 aliphatic rings. The lowest BCUT2D eigenvalue weighted by Crippen LogP contribution is -2.42. The summed E-state index contributed by atoms with van der Waals surface area (Å²) < 4.78 is 22.3. The molecule has 1 aromatic carbocycles. The van der Waals surface area contributed by atoms with Gasteiger partial charge in [-0.05, 0) is 44.0 Å². The van der Waals surface area contributed by atoms with Gasteiger partial charge in [0, 0.05) is 18.8 Å². The van der Waals surface area contributed by atoms with Crippen LogP contribution in [-0.2, 0) is 10.0 Å². The highest BCUT2D eigenvalue weighted by Crippen LogP contribution is 2.26. The van der Waals surface area contributed by atoms with Gasteiger partial charge in [-0.25, -0.2) is 13.6 Å². The van der Waals surface area contributed by atoms with Gasteiger partial charge in [-0.15, -0.1) is 0 Å². The Morgan fingerprint density at radius 1 is 1.22 bits per heavy atom. The van der Waals surface area contributed by atoms with E-state index >= 15 is 0 Å².